The number of rotatable bonds is 11. The number of sulfonamides is 1. The predicted octanol–water partition coefficient (Wildman–Crippen LogP) is 4.40. The molecule has 0 aliphatic heterocycles. The van der Waals surface area contributed by atoms with Crippen molar-refractivity contribution in [2.24, 2.45) is 0 Å². The van der Waals surface area contributed by atoms with Crippen LogP contribution in [0.3, 0.4) is 0 Å². The Hall–Kier alpha value is -2.29. The van der Waals surface area contributed by atoms with E-state index in [-0.39, 0.29) is 48.5 Å². The van der Waals surface area contributed by atoms with E-state index in [9.17, 15) is 18.0 Å². The molecule has 0 bridgehead atoms. The van der Waals surface area contributed by atoms with Gasteiger partial charge in [0.2, 0.25) is 21.8 Å². The second-order valence-electron chi connectivity index (χ2n) is 8.05. The Kier molecular flexibility index (Phi) is 10.2. The first kappa shape index (κ1) is 28.0. The third-order valence-electron chi connectivity index (χ3n) is 5.45. The van der Waals surface area contributed by atoms with E-state index in [0.717, 1.165) is 21.7 Å². The lowest BCUT2D eigenvalue weighted by atomic mass is 10.1. The number of hydrogen-bond acceptors (Lipinski definition) is 4. The van der Waals surface area contributed by atoms with Crippen LogP contribution in [0.4, 0.5) is 5.69 Å². The van der Waals surface area contributed by atoms with Crippen LogP contribution in [0.1, 0.15) is 37.8 Å². The van der Waals surface area contributed by atoms with Gasteiger partial charge in [-0.25, -0.2) is 8.42 Å². The van der Waals surface area contributed by atoms with Crippen LogP contribution in [-0.2, 0) is 26.2 Å². The number of anilines is 1. The minimum Gasteiger partial charge on any atom is -0.355 e. The maximum atomic E-state index is 13.2. The van der Waals surface area contributed by atoms with Crippen molar-refractivity contribution < 1.29 is 18.0 Å². The highest BCUT2D eigenvalue weighted by molar-refractivity contribution is 7.92. The molecule has 2 aromatic carbocycles. The normalized spacial score (nSPS) is 12.2. The molecule has 186 valence electrons. The van der Waals surface area contributed by atoms with E-state index in [1.165, 1.54) is 17.0 Å². The van der Waals surface area contributed by atoms with Crippen molar-refractivity contribution in [2.75, 3.05) is 23.7 Å². The van der Waals surface area contributed by atoms with Gasteiger partial charge in [-0.1, -0.05) is 47.5 Å². The summed E-state index contributed by atoms with van der Waals surface area (Å²) in [6.45, 7) is 6.24. The Balaban J connectivity index is 2.20. The molecule has 0 unspecified atom stereocenters. The minimum atomic E-state index is -3.67. The maximum absolute atomic E-state index is 13.2. The molecular formula is C24H31Cl2N3O4S. The Labute approximate surface area is 212 Å². The number of nitrogens with zero attached hydrogens (tertiary/aromatic N) is 2. The van der Waals surface area contributed by atoms with Crippen LogP contribution < -0.4 is 9.62 Å². The molecule has 0 aliphatic carbocycles. The van der Waals surface area contributed by atoms with E-state index in [4.69, 9.17) is 23.2 Å². The molecule has 0 spiro atoms. The van der Waals surface area contributed by atoms with Gasteiger partial charge in [-0.15, -0.1) is 0 Å². The summed E-state index contributed by atoms with van der Waals surface area (Å²) in [7, 11) is -3.67. The number of nitrogens with one attached hydrogen (secondary N) is 1. The molecule has 1 N–H and O–H groups in total. The molecule has 0 fully saturated rings. The fourth-order valence-electron chi connectivity index (χ4n) is 3.53. The van der Waals surface area contributed by atoms with E-state index in [0.29, 0.717) is 11.6 Å². The van der Waals surface area contributed by atoms with Gasteiger partial charge in [0, 0.05) is 31.1 Å². The SMILES string of the molecule is CCNC(=O)[C@H](C)N(Cc1ccccc1C)C(=O)CCCN(c1cc(Cl)ccc1Cl)S(C)(=O)=O. The molecule has 2 aromatic rings. The van der Waals surface area contributed by atoms with Gasteiger partial charge < -0.3 is 10.2 Å². The van der Waals surface area contributed by atoms with Crippen molar-refractivity contribution in [3.63, 3.8) is 0 Å². The number of hydrogen-bond donors (Lipinski definition) is 1. The summed E-state index contributed by atoms with van der Waals surface area (Å²) >= 11 is 12.3. The van der Waals surface area contributed by atoms with Gasteiger partial charge >= 0.3 is 0 Å². The average molecular weight is 529 g/mol. The summed E-state index contributed by atoms with van der Waals surface area (Å²) in [6.07, 6.45) is 1.37. The number of amides is 2. The van der Waals surface area contributed by atoms with Gasteiger partial charge in [0.15, 0.2) is 0 Å². The zero-order valence-electron chi connectivity index (χ0n) is 19.8. The van der Waals surface area contributed by atoms with Crippen LogP contribution in [0, 0.1) is 6.92 Å². The highest BCUT2D eigenvalue weighted by Crippen LogP contribution is 2.31. The van der Waals surface area contributed by atoms with Gasteiger partial charge in [-0.2, -0.15) is 0 Å². The zero-order chi connectivity index (χ0) is 25.5. The maximum Gasteiger partial charge on any atom is 0.242 e. The lowest BCUT2D eigenvalue weighted by molar-refractivity contribution is -0.140. The first-order chi connectivity index (χ1) is 16.0. The Morgan fingerprint density at radius 3 is 2.41 bits per heavy atom. The Bertz CT molecular complexity index is 1120. The number of benzene rings is 2. The van der Waals surface area contributed by atoms with E-state index < -0.39 is 16.1 Å². The Morgan fingerprint density at radius 1 is 1.12 bits per heavy atom. The smallest absolute Gasteiger partial charge is 0.242 e. The molecule has 0 saturated heterocycles. The highest BCUT2D eigenvalue weighted by Gasteiger charge is 2.27. The molecule has 10 heteroatoms. The van der Waals surface area contributed by atoms with Gasteiger partial charge in [-0.3, -0.25) is 13.9 Å². The third kappa shape index (κ3) is 7.61. The summed E-state index contributed by atoms with van der Waals surface area (Å²) in [5.74, 6) is -0.486. The molecule has 34 heavy (non-hydrogen) atoms. The minimum absolute atomic E-state index is 0.0401. The van der Waals surface area contributed by atoms with E-state index in [1.54, 1.807) is 13.0 Å². The van der Waals surface area contributed by atoms with Crippen LogP contribution in [0.5, 0.6) is 0 Å². The molecule has 1 atom stereocenters. The molecule has 0 saturated carbocycles. The van der Waals surface area contributed by atoms with Crippen molar-refractivity contribution in [1.82, 2.24) is 10.2 Å². The summed E-state index contributed by atoms with van der Waals surface area (Å²) in [6, 6.07) is 11.6. The predicted molar refractivity (Wildman–Crippen MR) is 138 cm³/mol. The first-order valence-electron chi connectivity index (χ1n) is 11.0. The molecule has 0 heterocycles. The summed E-state index contributed by atoms with van der Waals surface area (Å²) in [4.78, 5) is 27.3. The fourth-order valence-corrected chi connectivity index (χ4v) is 4.94. The lowest BCUT2D eigenvalue weighted by Crippen LogP contribution is -2.47. The van der Waals surface area contributed by atoms with Crippen LogP contribution in [0.2, 0.25) is 10.0 Å². The van der Waals surface area contributed by atoms with Crippen molar-refractivity contribution in [3.8, 4) is 0 Å². The molecular weight excluding hydrogens is 497 g/mol. The largest absolute Gasteiger partial charge is 0.355 e. The van der Waals surface area contributed by atoms with Crippen LogP contribution >= 0.6 is 23.2 Å². The third-order valence-corrected chi connectivity index (χ3v) is 7.18. The summed E-state index contributed by atoms with van der Waals surface area (Å²) in [5, 5.41) is 3.35. The van der Waals surface area contributed by atoms with Crippen molar-refractivity contribution in [3.05, 3.63) is 63.6 Å². The summed E-state index contributed by atoms with van der Waals surface area (Å²) in [5.41, 5.74) is 2.22. The summed E-state index contributed by atoms with van der Waals surface area (Å²) < 4.78 is 26.0. The topological polar surface area (TPSA) is 86.8 Å². The van der Waals surface area contributed by atoms with Gasteiger partial charge in [0.25, 0.3) is 0 Å². The second-order valence-corrected chi connectivity index (χ2v) is 10.8. The van der Waals surface area contributed by atoms with Crippen molar-refractivity contribution >= 4 is 50.7 Å². The molecule has 2 rings (SSSR count). The zero-order valence-corrected chi connectivity index (χ0v) is 22.2. The molecule has 0 radical (unpaired) electrons. The number of carbonyl (C=O) groups excluding carboxylic acids is 2. The molecule has 2 amide bonds. The first-order valence-corrected chi connectivity index (χ1v) is 13.6. The molecule has 0 aromatic heterocycles. The monoisotopic (exact) mass is 527 g/mol. The van der Waals surface area contributed by atoms with Crippen LogP contribution in [0.25, 0.3) is 0 Å². The second kappa shape index (κ2) is 12.4. The van der Waals surface area contributed by atoms with E-state index >= 15 is 0 Å². The number of aryl methyl sites for hydroxylation is 1. The molecule has 0 aliphatic rings. The Morgan fingerprint density at radius 2 is 1.79 bits per heavy atom. The van der Waals surface area contributed by atoms with Crippen molar-refractivity contribution in [2.45, 2.75) is 46.2 Å². The van der Waals surface area contributed by atoms with Crippen LogP contribution in [-0.4, -0.2) is 50.5 Å². The average Bonchev–Trinajstić information content (AvgIpc) is 2.76. The standard InChI is InChI=1S/C24H31Cl2N3O4S/c1-5-27-24(31)18(3)28(16-19-10-7-6-9-17(19)2)23(30)11-8-14-29(34(4,32)33)22-15-20(25)12-13-21(22)26/h6-7,9-10,12-13,15,18H,5,8,11,14,16H2,1-4H3,(H,27,31)/t18-/m0/s1. The van der Waals surface area contributed by atoms with Crippen LogP contribution in [0.15, 0.2) is 42.5 Å². The highest BCUT2D eigenvalue weighted by atomic mass is 35.5. The van der Waals surface area contributed by atoms with E-state index in [2.05, 4.69) is 5.32 Å². The van der Waals surface area contributed by atoms with Gasteiger partial charge in [-0.05, 0) is 56.5 Å². The van der Waals surface area contributed by atoms with E-state index in [1.807, 2.05) is 38.1 Å². The van der Waals surface area contributed by atoms with Gasteiger partial charge in [0.05, 0.1) is 17.0 Å². The van der Waals surface area contributed by atoms with Crippen molar-refractivity contribution in [1.29, 1.82) is 0 Å². The molecule has 7 nitrogen and oxygen atoms in total. The number of likely N-dealkylation sites (N-methyl/N-ethyl adjacent to an activating group) is 1. The lowest BCUT2D eigenvalue weighted by Gasteiger charge is -2.30. The fraction of sp³-hybridized carbons (Fsp3) is 0.417. The quantitative estimate of drug-likeness (QED) is 0.469. The number of halogens is 2. The van der Waals surface area contributed by atoms with Gasteiger partial charge in [0.1, 0.15) is 6.04 Å². The number of carbonyl (C=O) groups is 2.